The summed E-state index contributed by atoms with van der Waals surface area (Å²) in [6, 6.07) is 5.23. The Kier molecular flexibility index (Phi) is 1.94. The molecule has 2 rings (SSSR count). The Morgan fingerprint density at radius 1 is 1.57 bits per heavy atom. The Morgan fingerprint density at radius 2 is 2.36 bits per heavy atom. The largest absolute Gasteiger partial charge is 0.388 e. The molecule has 1 heterocycles. The van der Waals surface area contributed by atoms with Gasteiger partial charge in [0.1, 0.15) is 18.3 Å². The molecule has 0 amide bonds. The quantitative estimate of drug-likeness (QED) is 0.406. The third-order valence-corrected chi connectivity index (χ3v) is 1.99. The highest BCUT2D eigenvalue weighted by Gasteiger charge is 2.03. The van der Waals surface area contributed by atoms with E-state index in [1.807, 2.05) is 0 Å². The highest BCUT2D eigenvalue weighted by Crippen LogP contribution is 2.13. The molecule has 0 fully saturated rings. The lowest BCUT2D eigenvalue weighted by Gasteiger charge is -1.96. The molecule has 72 valence electrons. The fraction of sp³-hybridized carbons (Fsp3) is 0.111. The number of aliphatic hydroxyl groups is 1. The van der Waals surface area contributed by atoms with Crippen LogP contribution >= 0.6 is 0 Å². The smallest absolute Gasteiger partial charge is 0.133 e. The lowest BCUT2D eigenvalue weighted by atomic mass is 10.2. The fourth-order valence-corrected chi connectivity index (χ4v) is 1.30. The van der Waals surface area contributed by atoms with Crippen molar-refractivity contribution >= 4 is 16.9 Å². The molecular weight excluding hydrogens is 180 g/mol. The maximum absolute atomic E-state index is 8.86. The van der Waals surface area contributed by atoms with Gasteiger partial charge in [-0.05, 0) is 18.2 Å². The Morgan fingerprint density at radius 3 is 3.00 bits per heavy atom. The van der Waals surface area contributed by atoms with Crippen molar-refractivity contribution in [1.29, 1.82) is 5.41 Å². The summed E-state index contributed by atoms with van der Waals surface area (Å²) in [5.74, 6) is 0.535. The molecule has 0 spiro atoms. The number of nitrogens with two attached hydrogens (primary N) is 1. The number of benzene rings is 1. The Labute approximate surface area is 80.1 Å². The molecule has 0 aliphatic rings. The zero-order chi connectivity index (χ0) is 10.1. The standard InChI is InChI=1S/C9H10N4O/c10-9(11)5-1-2-6-7(3-5)13-8(4-14)12-6/h1-3,14H,4H2,(H3,10,11)(H,12,13). The van der Waals surface area contributed by atoms with Crippen LogP contribution in [-0.2, 0) is 6.61 Å². The number of nitrogen functional groups attached to an aromatic ring is 1. The van der Waals surface area contributed by atoms with Gasteiger partial charge in [-0.3, -0.25) is 5.41 Å². The van der Waals surface area contributed by atoms with Crippen LogP contribution in [0.2, 0.25) is 0 Å². The van der Waals surface area contributed by atoms with Gasteiger partial charge in [0.15, 0.2) is 0 Å². The second kappa shape index (κ2) is 3.12. The molecule has 0 aliphatic heterocycles. The first-order chi connectivity index (χ1) is 6.70. The number of aromatic nitrogens is 2. The Balaban J connectivity index is 2.59. The molecule has 1 aromatic heterocycles. The fourth-order valence-electron chi connectivity index (χ4n) is 1.30. The van der Waals surface area contributed by atoms with Gasteiger partial charge in [-0.2, -0.15) is 0 Å². The topological polar surface area (TPSA) is 98.8 Å². The molecule has 0 atom stereocenters. The first-order valence-electron chi connectivity index (χ1n) is 4.14. The molecule has 14 heavy (non-hydrogen) atoms. The Hall–Kier alpha value is -1.88. The normalized spacial score (nSPS) is 10.6. The van der Waals surface area contributed by atoms with E-state index in [4.69, 9.17) is 16.2 Å². The van der Waals surface area contributed by atoms with Gasteiger partial charge in [0.25, 0.3) is 0 Å². The number of rotatable bonds is 2. The molecule has 0 bridgehead atoms. The number of aliphatic hydroxyl groups excluding tert-OH is 1. The van der Waals surface area contributed by atoms with Crippen molar-refractivity contribution in [2.45, 2.75) is 6.61 Å². The molecule has 5 nitrogen and oxygen atoms in total. The van der Waals surface area contributed by atoms with E-state index in [0.29, 0.717) is 11.4 Å². The number of nitrogens with zero attached hydrogens (tertiary/aromatic N) is 1. The predicted octanol–water partition coefficient (Wildman–Crippen LogP) is 0.339. The van der Waals surface area contributed by atoms with Gasteiger partial charge in [0, 0.05) is 5.56 Å². The minimum absolute atomic E-state index is 0.0204. The summed E-state index contributed by atoms with van der Waals surface area (Å²) >= 11 is 0. The lowest BCUT2D eigenvalue weighted by molar-refractivity contribution is 0.273. The number of fused-ring (bicyclic) bond motifs is 1. The summed E-state index contributed by atoms with van der Waals surface area (Å²) in [5, 5.41) is 16.1. The van der Waals surface area contributed by atoms with Gasteiger partial charge in [-0.15, -0.1) is 0 Å². The van der Waals surface area contributed by atoms with E-state index in [9.17, 15) is 0 Å². The summed E-state index contributed by atoms with van der Waals surface area (Å²) in [4.78, 5) is 7.04. The van der Waals surface area contributed by atoms with Crippen molar-refractivity contribution in [1.82, 2.24) is 9.97 Å². The van der Waals surface area contributed by atoms with Crippen molar-refractivity contribution in [3.63, 3.8) is 0 Å². The zero-order valence-electron chi connectivity index (χ0n) is 7.41. The van der Waals surface area contributed by atoms with E-state index in [1.54, 1.807) is 18.2 Å². The minimum Gasteiger partial charge on any atom is -0.388 e. The van der Waals surface area contributed by atoms with Gasteiger partial charge in [0.05, 0.1) is 11.0 Å². The van der Waals surface area contributed by atoms with Crippen molar-refractivity contribution in [2.75, 3.05) is 0 Å². The third-order valence-electron chi connectivity index (χ3n) is 1.99. The van der Waals surface area contributed by atoms with E-state index >= 15 is 0 Å². The van der Waals surface area contributed by atoms with Crippen LogP contribution in [0.1, 0.15) is 11.4 Å². The van der Waals surface area contributed by atoms with Crippen LogP contribution in [0.4, 0.5) is 0 Å². The molecule has 5 N–H and O–H groups in total. The number of nitrogens with one attached hydrogen (secondary N) is 2. The number of imidazole rings is 1. The van der Waals surface area contributed by atoms with Gasteiger partial charge >= 0.3 is 0 Å². The van der Waals surface area contributed by atoms with Crippen LogP contribution in [0.15, 0.2) is 18.2 Å². The number of amidine groups is 1. The number of hydrogen-bond acceptors (Lipinski definition) is 3. The van der Waals surface area contributed by atoms with Crippen molar-refractivity contribution in [3.05, 3.63) is 29.6 Å². The summed E-state index contributed by atoms with van der Waals surface area (Å²) < 4.78 is 0. The molecule has 1 aromatic carbocycles. The summed E-state index contributed by atoms with van der Waals surface area (Å²) in [7, 11) is 0. The van der Waals surface area contributed by atoms with Gasteiger partial charge < -0.3 is 15.8 Å². The first-order valence-corrected chi connectivity index (χ1v) is 4.14. The Bertz CT molecular complexity index is 489. The zero-order valence-corrected chi connectivity index (χ0v) is 7.41. The average Bonchev–Trinajstić information content (AvgIpc) is 2.58. The van der Waals surface area contributed by atoms with Gasteiger partial charge in [-0.25, -0.2) is 4.98 Å². The van der Waals surface area contributed by atoms with E-state index in [-0.39, 0.29) is 12.4 Å². The van der Waals surface area contributed by atoms with E-state index in [0.717, 1.165) is 11.0 Å². The molecule has 0 aliphatic carbocycles. The second-order valence-electron chi connectivity index (χ2n) is 2.99. The van der Waals surface area contributed by atoms with Gasteiger partial charge in [0.2, 0.25) is 0 Å². The second-order valence-corrected chi connectivity index (χ2v) is 2.99. The SMILES string of the molecule is N=C(N)c1ccc2nc(CO)[nH]c2c1. The molecule has 0 saturated heterocycles. The third kappa shape index (κ3) is 1.33. The molecule has 0 unspecified atom stereocenters. The van der Waals surface area contributed by atoms with E-state index in [1.165, 1.54) is 0 Å². The summed E-state index contributed by atoms with van der Waals surface area (Å²) in [6.45, 7) is -0.121. The monoisotopic (exact) mass is 190 g/mol. The number of hydrogen-bond donors (Lipinski definition) is 4. The van der Waals surface area contributed by atoms with Crippen LogP contribution in [-0.4, -0.2) is 20.9 Å². The van der Waals surface area contributed by atoms with E-state index in [2.05, 4.69) is 9.97 Å². The maximum Gasteiger partial charge on any atom is 0.133 e. The van der Waals surface area contributed by atoms with Gasteiger partial charge in [-0.1, -0.05) is 0 Å². The van der Waals surface area contributed by atoms with Crippen LogP contribution < -0.4 is 5.73 Å². The molecule has 0 radical (unpaired) electrons. The molecule has 5 heteroatoms. The van der Waals surface area contributed by atoms with E-state index < -0.39 is 0 Å². The van der Waals surface area contributed by atoms with Crippen molar-refractivity contribution < 1.29 is 5.11 Å². The minimum atomic E-state index is -0.121. The highest BCUT2D eigenvalue weighted by atomic mass is 16.3. The molecular formula is C9H10N4O. The summed E-state index contributed by atoms with van der Waals surface area (Å²) in [6.07, 6.45) is 0. The maximum atomic E-state index is 8.86. The van der Waals surface area contributed by atoms with Crippen LogP contribution in [0.25, 0.3) is 11.0 Å². The van der Waals surface area contributed by atoms with Crippen LogP contribution in [0.5, 0.6) is 0 Å². The summed E-state index contributed by atoms with van der Waals surface area (Å²) in [5.41, 5.74) is 7.53. The highest BCUT2D eigenvalue weighted by molar-refractivity contribution is 5.97. The molecule has 2 aromatic rings. The number of H-pyrrole nitrogens is 1. The lowest BCUT2D eigenvalue weighted by Crippen LogP contribution is -2.10. The average molecular weight is 190 g/mol. The van der Waals surface area contributed by atoms with Crippen molar-refractivity contribution in [3.8, 4) is 0 Å². The van der Waals surface area contributed by atoms with Crippen LogP contribution in [0, 0.1) is 5.41 Å². The molecule has 0 saturated carbocycles. The first kappa shape index (κ1) is 8.71. The van der Waals surface area contributed by atoms with Crippen LogP contribution in [0.3, 0.4) is 0 Å². The number of aromatic amines is 1. The van der Waals surface area contributed by atoms with Crippen molar-refractivity contribution in [2.24, 2.45) is 5.73 Å². The predicted molar refractivity (Wildman–Crippen MR) is 53.0 cm³/mol.